The van der Waals surface area contributed by atoms with Gasteiger partial charge in [-0.3, -0.25) is 19.3 Å². The van der Waals surface area contributed by atoms with Crippen molar-refractivity contribution >= 4 is 29.9 Å². The number of fused-ring (bicyclic) bond motifs is 3. The van der Waals surface area contributed by atoms with Crippen LogP contribution >= 0.6 is 12.4 Å². The number of carbonyl (C=O) groups is 3. The molecule has 32 heavy (non-hydrogen) atoms. The van der Waals surface area contributed by atoms with Crippen LogP contribution in [0.1, 0.15) is 22.3 Å². The molecule has 0 saturated carbocycles. The number of rotatable bonds is 3. The standard InChI is InChI=1S/C22H24N2O7.ClH/c1-24(2)16-11-8-10-7-9-5-4-6-12(31-3)13(9)17(25)14(10)19(27)22(11,30)20(28)15(18(16)26)21(23)29;/h4-6,10-11,16,26-27,30H,7-8H2,1-3H3,(H2,23,29);1H. The third-order valence-electron chi connectivity index (χ3n) is 6.66. The first-order valence-electron chi connectivity index (χ1n) is 9.86. The van der Waals surface area contributed by atoms with E-state index in [9.17, 15) is 29.7 Å². The molecule has 10 heteroatoms. The molecular weight excluding hydrogens is 440 g/mol. The molecule has 0 fully saturated rings. The van der Waals surface area contributed by atoms with E-state index in [2.05, 4.69) is 0 Å². The summed E-state index contributed by atoms with van der Waals surface area (Å²) in [5.74, 6) is -5.46. The fourth-order valence-electron chi connectivity index (χ4n) is 5.34. The minimum Gasteiger partial charge on any atom is -0.510 e. The molecule has 1 aromatic carbocycles. The highest BCUT2D eigenvalue weighted by atomic mass is 35.5. The molecule has 0 spiro atoms. The molecule has 4 atom stereocenters. The van der Waals surface area contributed by atoms with Gasteiger partial charge in [0.25, 0.3) is 5.91 Å². The number of methoxy groups -OCH3 is 1. The van der Waals surface area contributed by atoms with Crippen molar-refractivity contribution in [2.75, 3.05) is 21.2 Å². The minimum atomic E-state index is -2.56. The lowest BCUT2D eigenvalue weighted by Gasteiger charge is -2.50. The van der Waals surface area contributed by atoms with Gasteiger partial charge in [0.1, 0.15) is 22.8 Å². The Morgan fingerprint density at radius 1 is 1.25 bits per heavy atom. The number of aliphatic hydroxyl groups excluding tert-OH is 2. The number of Topliss-reactive ketones (excluding diaryl/α,β-unsaturated/α-hetero) is 2. The quantitative estimate of drug-likeness (QED) is 0.480. The van der Waals surface area contributed by atoms with Gasteiger partial charge in [-0.25, -0.2) is 0 Å². The van der Waals surface area contributed by atoms with Crippen LogP contribution < -0.4 is 10.5 Å². The zero-order valence-corrected chi connectivity index (χ0v) is 18.6. The maximum absolute atomic E-state index is 13.4. The molecule has 0 radical (unpaired) electrons. The molecule has 0 saturated heterocycles. The van der Waals surface area contributed by atoms with Gasteiger partial charge in [0.2, 0.25) is 5.78 Å². The van der Waals surface area contributed by atoms with Gasteiger partial charge >= 0.3 is 0 Å². The van der Waals surface area contributed by atoms with Gasteiger partial charge in [0.15, 0.2) is 11.4 Å². The Hall–Kier alpha value is -2.88. The number of nitrogens with two attached hydrogens (primary N) is 1. The number of benzene rings is 1. The fourth-order valence-corrected chi connectivity index (χ4v) is 5.34. The molecule has 5 N–H and O–H groups in total. The molecule has 172 valence electrons. The van der Waals surface area contributed by atoms with Gasteiger partial charge in [-0.15, -0.1) is 12.4 Å². The van der Waals surface area contributed by atoms with E-state index in [1.54, 1.807) is 37.2 Å². The van der Waals surface area contributed by atoms with E-state index < -0.39 is 58.0 Å². The van der Waals surface area contributed by atoms with Crippen molar-refractivity contribution in [3.05, 3.63) is 52.0 Å². The summed E-state index contributed by atoms with van der Waals surface area (Å²) in [6, 6.07) is 4.21. The van der Waals surface area contributed by atoms with Gasteiger partial charge in [-0.05, 0) is 44.5 Å². The predicted molar refractivity (Wildman–Crippen MR) is 116 cm³/mol. The lowest BCUT2D eigenvalue weighted by molar-refractivity contribution is -0.148. The van der Waals surface area contributed by atoms with Gasteiger partial charge in [-0.1, -0.05) is 12.1 Å². The second-order valence-corrected chi connectivity index (χ2v) is 8.46. The first kappa shape index (κ1) is 23.8. The molecule has 1 amide bonds. The summed E-state index contributed by atoms with van der Waals surface area (Å²) < 4.78 is 5.30. The van der Waals surface area contributed by atoms with Crippen molar-refractivity contribution < 1.29 is 34.4 Å². The number of allylic oxidation sites excluding steroid dienone is 1. The van der Waals surface area contributed by atoms with Crippen molar-refractivity contribution in [2.24, 2.45) is 17.6 Å². The summed E-state index contributed by atoms with van der Waals surface area (Å²) in [7, 11) is 4.64. The van der Waals surface area contributed by atoms with Crippen molar-refractivity contribution in [1.82, 2.24) is 4.90 Å². The molecule has 0 aliphatic heterocycles. The van der Waals surface area contributed by atoms with Crippen LogP contribution in [0.2, 0.25) is 0 Å². The van der Waals surface area contributed by atoms with Crippen molar-refractivity contribution in [1.29, 1.82) is 0 Å². The molecule has 4 rings (SSSR count). The lowest BCUT2D eigenvalue weighted by atomic mass is 9.58. The fraction of sp³-hybridized carbons (Fsp3) is 0.409. The van der Waals surface area contributed by atoms with Crippen LogP contribution in [0.25, 0.3) is 0 Å². The van der Waals surface area contributed by atoms with Crippen LogP contribution in [-0.4, -0.2) is 70.5 Å². The Kier molecular flexibility index (Phi) is 5.88. The maximum Gasteiger partial charge on any atom is 0.255 e. The average Bonchev–Trinajstić information content (AvgIpc) is 2.69. The van der Waals surface area contributed by atoms with E-state index in [-0.39, 0.29) is 30.0 Å². The first-order chi connectivity index (χ1) is 14.5. The summed E-state index contributed by atoms with van der Waals surface area (Å²) in [6.07, 6.45) is 0.509. The Bertz CT molecular complexity index is 1090. The van der Waals surface area contributed by atoms with Gasteiger partial charge in [0, 0.05) is 11.5 Å². The summed E-state index contributed by atoms with van der Waals surface area (Å²) in [5, 5.41) is 33.3. The topological polar surface area (TPSA) is 150 Å². The number of primary amides is 1. The van der Waals surface area contributed by atoms with Gasteiger partial charge in [-0.2, -0.15) is 0 Å². The molecule has 0 heterocycles. The number of likely N-dealkylation sites (N-methyl/N-ethyl adjacent to an activating group) is 1. The number of aliphatic hydroxyl groups is 3. The molecule has 3 aliphatic rings. The number of amides is 1. The third-order valence-corrected chi connectivity index (χ3v) is 6.66. The monoisotopic (exact) mass is 464 g/mol. The molecule has 1 aromatic rings. The zero-order chi connectivity index (χ0) is 22.8. The maximum atomic E-state index is 13.4. The van der Waals surface area contributed by atoms with Crippen molar-refractivity contribution in [2.45, 2.75) is 24.5 Å². The van der Waals surface area contributed by atoms with E-state index in [4.69, 9.17) is 10.5 Å². The Morgan fingerprint density at radius 3 is 2.47 bits per heavy atom. The van der Waals surface area contributed by atoms with Crippen LogP contribution in [0.4, 0.5) is 0 Å². The number of halogens is 1. The number of carbonyl (C=O) groups excluding carboxylic acids is 3. The third kappa shape index (κ3) is 2.96. The number of ether oxygens (including phenoxy) is 1. The zero-order valence-electron chi connectivity index (χ0n) is 17.8. The average molecular weight is 465 g/mol. The highest BCUT2D eigenvalue weighted by Gasteiger charge is 2.63. The summed E-state index contributed by atoms with van der Waals surface area (Å²) >= 11 is 0. The van der Waals surface area contributed by atoms with Crippen molar-refractivity contribution in [3.8, 4) is 5.75 Å². The number of hydrogen-bond donors (Lipinski definition) is 4. The van der Waals surface area contributed by atoms with E-state index >= 15 is 0 Å². The van der Waals surface area contributed by atoms with Gasteiger partial charge in [0.05, 0.1) is 18.7 Å². The first-order valence-corrected chi connectivity index (χ1v) is 9.86. The summed E-state index contributed by atoms with van der Waals surface area (Å²) in [4.78, 5) is 40.0. The summed E-state index contributed by atoms with van der Waals surface area (Å²) in [5.41, 5.74) is 2.90. The second-order valence-electron chi connectivity index (χ2n) is 8.46. The number of nitrogens with zero attached hydrogens (tertiary/aromatic N) is 1. The molecular formula is C22H25ClN2O7. The van der Waals surface area contributed by atoms with Gasteiger partial charge < -0.3 is 25.8 Å². The SMILES string of the molecule is COc1cccc2c1C(=O)C1=C(O)C3(O)C(=O)C(C(N)=O)=C(O)C(N(C)C)C3CC1C2.Cl. The van der Waals surface area contributed by atoms with Crippen molar-refractivity contribution in [3.63, 3.8) is 0 Å². The Morgan fingerprint density at radius 2 is 1.91 bits per heavy atom. The molecule has 0 bridgehead atoms. The highest BCUT2D eigenvalue weighted by molar-refractivity contribution is 6.24. The minimum absolute atomic E-state index is 0. The van der Waals surface area contributed by atoms with Crippen LogP contribution in [-0.2, 0) is 16.0 Å². The number of ketones is 2. The molecule has 3 aliphatic carbocycles. The normalized spacial score (nSPS) is 29.2. The molecule has 4 unspecified atom stereocenters. The molecule has 9 nitrogen and oxygen atoms in total. The van der Waals surface area contributed by atoms with Crippen LogP contribution in [0.3, 0.4) is 0 Å². The highest BCUT2D eigenvalue weighted by Crippen LogP contribution is 2.52. The van der Waals surface area contributed by atoms with Crippen LogP contribution in [0.5, 0.6) is 5.75 Å². The lowest BCUT2D eigenvalue weighted by Crippen LogP contribution is -2.63. The van der Waals surface area contributed by atoms with Crippen LogP contribution in [0.15, 0.2) is 40.9 Å². The molecule has 0 aromatic heterocycles. The van der Waals surface area contributed by atoms with E-state index in [1.165, 1.54) is 7.11 Å². The Labute approximate surface area is 190 Å². The largest absolute Gasteiger partial charge is 0.510 e. The number of hydrogen-bond acceptors (Lipinski definition) is 8. The van der Waals surface area contributed by atoms with Crippen LogP contribution in [0, 0.1) is 11.8 Å². The predicted octanol–water partition coefficient (Wildman–Crippen LogP) is 0.845. The van der Waals surface area contributed by atoms with E-state index in [1.807, 2.05) is 0 Å². The van der Waals surface area contributed by atoms with E-state index in [0.29, 0.717) is 12.2 Å². The Balaban J connectivity index is 0.00000289. The van der Waals surface area contributed by atoms with E-state index in [0.717, 1.165) is 5.56 Å². The smallest absolute Gasteiger partial charge is 0.255 e. The second kappa shape index (κ2) is 7.91. The summed E-state index contributed by atoms with van der Waals surface area (Å²) in [6.45, 7) is 0.